The van der Waals surface area contributed by atoms with E-state index in [2.05, 4.69) is 22.5 Å². The zero-order valence-corrected chi connectivity index (χ0v) is 11.8. The van der Waals surface area contributed by atoms with Crippen molar-refractivity contribution < 1.29 is 4.79 Å². The molecule has 0 unspecified atom stereocenters. The first-order valence-electron chi connectivity index (χ1n) is 7.17. The minimum atomic E-state index is -0.0158. The van der Waals surface area contributed by atoms with Crippen LogP contribution in [0.1, 0.15) is 49.9 Å². The van der Waals surface area contributed by atoms with E-state index in [1.807, 2.05) is 19.1 Å². The van der Waals surface area contributed by atoms with Crippen molar-refractivity contribution in [1.82, 2.24) is 10.3 Å². The Morgan fingerprint density at radius 3 is 2.68 bits per heavy atom. The molecule has 2 N–H and O–H groups in total. The Kier molecular flexibility index (Phi) is 4.40. The fourth-order valence-electron chi connectivity index (χ4n) is 2.41. The van der Waals surface area contributed by atoms with E-state index in [0.717, 1.165) is 18.9 Å². The third kappa shape index (κ3) is 3.69. The molecule has 4 nitrogen and oxygen atoms in total. The number of anilines is 1. The Hall–Kier alpha value is -1.58. The van der Waals surface area contributed by atoms with Crippen molar-refractivity contribution in [2.24, 2.45) is 5.41 Å². The van der Waals surface area contributed by atoms with Gasteiger partial charge in [0.2, 0.25) is 0 Å². The van der Waals surface area contributed by atoms with Crippen LogP contribution in [0.15, 0.2) is 18.3 Å². The van der Waals surface area contributed by atoms with Gasteiger partial charge < -0.3 is 10.6 Å². The van der Waals surface area contributed by atoms with Gasteiger partial charge in [0.05, 0.1) is 5.56 Å². The Labute approximate surface area is 115 Å². The molecule has 0 saturated heterocycles. The molecule has 1 heterocycles. The van der Waals surface area contributed by atoms with E-state index < -0.39 is 0 Å². The van der Waals surface area contributed by atoms with E-state index in [1.165, 1.54) is 25.7 Å². The van der Waals surface area contributed by atoms with E-state index >= 15 is 0 Å². The van der Waals surface area contributed by atoms with Crippen molar-refractivity contribution in [2.45, 2.75) is 39.5 Å². The lowest BCUT2D eigenvalue weighted by Gasteiger charge is -2.14. The predicted molar refractivity (Wildman–Crippen MR) is 77.3 cm³/mol. The summed E-state index contributed by atoms with van der Waals surface area (Å²) < 4.78 is 0. The second-order valence-electron chi connectivity index (χ2n) is 5.40. The molecular weight excluding hydrogens is 238 g/mol. The molecule has 0 spiro atoms. The highest BCUT2D eigenvalue weighted by Gasteiger charge is 2.41. The summed E-state index contributed by atoms with van der Waals surface area (Å²) in [4.78, 5) is 16.2. The first kappa shape index (κ1) is 13.8. The van der Waals surface area contributed by atoms with Crippen molar-refractivity contribution in [3.8, 4) is 0 Å². The Bertz CT molecular complexity index is 424. The molecule has 1 saturated carbocycles. The van der Waals surface area contributed by atoms with Gasteiger partial charge in [-0.3, -0.25) is 4.79 Å². The van der Waals surface area contributed by atoms with E-state index in [9.17, 15) is 4.79 Å². The summed E-state index contributed by atoms with van der Waals surface area (Å²) in [5, 5.41) is 6.15. The first-order chi connectivity index (χ1) is 9.19. The van der Waals surface area contributed by atoms with Gasteiger partial charge in [0.25, 0.3) is 5.91 Å². The van der Waals surface area contributed by atoms with Gasteiger partial charge in [0.1, 0.15) is 5.82 Å². The number of rotatable bonds is 7. The third-order valence-electron chi connectivity index (χ3n) is 3.74. The van der Waals surface area contributed by atoms with Crippen molar-refractivity contribution in [3.05, 3.63) is 23.9 Å². The van der Waals surface area contributed by atoms with Gasteiger partial charge in [-0.25, -0.2) is 4.98 Å². The molecule has 0 aliphatic heterocycles. The number of amides is 1. The third-order valence-corrected chi connectivity index (χ3v) is 3.74. The molecule has 1 aromatic heterocycles. The molecule has 1 aliphatic rings. The standard InChI is InChI=1S/C15H23N3O/c1-3-7-15(8-9-15)11-18-14(19)12-5-6-13(16-4-2)17-10-12/h5-6,10H,3-4,7-9,11H2,1-2H3,(H,16,17)(H,18,19). The number of carbonyl (C=O) groups excluding carboxylic acids is 1. The molecular formula is C15H23N3O. The smallest absolute Gasteiger partial charge is 0.252 e. The van der Waals surface area contributed by atoms with E-state index in [0.29, 0.717) is 11.0 Å². The van der Waals surface area contributed by atoms with E-state index in [1.54, 1.807) is 6.20 Å². The second-order valence-corrected chi connectivity index (χ2v) is 5.40. The van der Waals surface area contributed by atoms with Gasteiger partial charge in [-0.1, -0.05) is 13.3 Å². The highest BCUT2D eigenvalue weighted by atomic mass is 16.1. The average Bonchev–Trinajstić information content (AvgIpc) is 3.18. The van der Waals surface area contributed by atoms with Gasteiger partial charge in [0, 0.05) is 19.3 Å². The quantitative estimate of drug-likeness (QED) is 0.793. The van der Waals surface area contributed by atoms with Gasteiger partial charge in [0.15, 0.2) is 0 Å². The zero-order valence-electron chi connectivity index (χ0n) is 11.8. The number of hydrogen-bond acceptors (Lipinski definition) is 3. The maximum Gasteiger partial charge on any atom is 0.252 e. The highest BCUT2D eigenvalue weighted by Crippen LogP contribution is 2.48. The molecule has 2 rings (SSSR count). The largest absolute Gasteiger partial charge is 0.370 e. The summed E-state index contributed by atoms with van der Waals surface area (Å²) in [6.45, 7) is 5.85. The molecule has 4 heteroatoms. The summed E-state index contributed by atoms with van der Waals surface area (Å²) >= 11 is 0. The lowest BCUT2D eigenvalue weighted by Crippen LogP contribution is -2.30. The lowest BCUT2D eigenvalue weighted by atomic mass is 10.0. The summed E-state index contributed by atoms with van der Waals surface area (Å²) in [6, 6.07) is 3.66. The Morgan fingerprint density at radius 1 is 1.37 bits per heavy atom. The van der Waals surface area contributed by atoms with Crippen molar-refractivity contribution in [3.63, 3.8) is 0 Å². The number of nitrogens with one attached hydrogen (secondary N) is 2. The van der Waals surface area contributed by atoms with Crippen molar-refractivity contribution in [2.75, 3.05) is 18.4 Å². The molecule has 1 aromatic rings. The number of hydrogen-bond donors (Lipinski definition) is 2. The van der Waals surface area contributed by atoms with E-state index in [-0.39, 0.29) is 5.91 Å². The maximum absolute atomic E-state index is 12.0. The number of aromatic nitrogens is 1. The fraction of sp³-hybridized carbons (Fsp3) is 0.600. The van der Waals surface area contributed by atoms with Crippen molar-refractivity contribution >= 4 is 11.7 Å². The van der Waals surface area contributed by atoms with Gasteiger partial charge in [-0.05, 0) is 43.7 Å². The molecule has 0 radical (unpaired) electrons. The van der Waals surface area contributed by atoms with Crippen LogP contribution in [0.25, 0.3) is 0 Å². The predicted octanol–water partition coefficient (Wildman–Crippen LogP) is 2.82. The van der Waals surface area contributed by atoms with E-state index in [4.69, 9.17) is 0 Å². The van der Waals surface area contributed by atoms with Crippen LogP contribution >= 0.6 is 0 Å². The summed E-state index contributed by atoms with van der Waals surface area (Å²) in [5.74, 6) is 0.793. The van der Waals surface area contributed by atoms with Crippen LogP contribution in [0.5, 0.6) is 0 Å². The minimum Gasteiger partial charge on any atom is -0.370 e. The van der Waals surface area contributed by atoms with Gasteiger partial charge in [-0.15, -0.1) is 0 Å². The van der Waals surface area contributed by atoms with Crippen LogP contribution in [0.3, 0.4) is 0 Å². The van der Waals surface area contributed by atoms with Crippen LogP contribution in [-0.4, -0.2) is 24.0 Å². The minimum absolute atomic E-state index is 0.0158. The highest BCUT2D eigenvalue weighted by molar-refractivity contribution is 5.94. The Balaban J connectivity index is 1.86. The van der Waals surface area contributed by atoms with Crippen LogP contribution in [0.4, 0.5) is 5.82 Å². The number of nitrogens with zero attached hydrogens (tertiary/aromatic N) is 1. The van der Waals surface area contributed by atoms with Gasteiger partial charge >= 0.3 is 0 Å². The zero-order chi connectivity index (χ0) is 13.7. The molecule has 0 aromatic carbocycles. The summed E-state index contributed by atoms with van der Waals surface area (Å²) in [7, 11) is 0. The van der Waals surface area contributed by atoms with Gasteiger partial charge in [-0.2, -0.15) is 0 Å². The molecule has 1 amide bonds. The molecule has 0 atom stereocenters. The summed E-state index contributed by atoms with van der Waals surface area (Å²) in [5.41, 5.74) is 1.02. The SMILES string of the molecule is CCCC1(CNC(=O)c2ccc(NCC)nc2)CC1. The normalized spacial score (nSPS) is 15.9. The van der Waals surface area contributed by atoms with Crippen LogP contribution in [-0.2, 0) is 0 Å². The summed E-state index contributed by atoms with van der Waals surface area (Å²) in [6.07, 6.45) is 6.53. The molecule has 0 bridgehead atoms. The molecule has 1 aliphatic carbocycles. The van der Waals surface area contributed by atoms with Crippen LogP contribution in [0.2, 0.25) is 0 Å². The lowest BCUT2D eigenvalue weighted by molar-refractivity contribution is 0.0943. The van der Waals surface area contributed by atoms with Crippen molar-refractivity contribution in [1.29, 1.82) is 0 Å². The van der Waals surface area contributed by atoms with Crippen LogP contribution < -0.4 is 10.6 Å². The molecule has 19 heavy (non-hydrogen) atoms. The molecule has 104 valence electrons. The number of pyridine rings is 1. The first-order valence-corrected chi connectivity index (χ1v) is 7.17. The number of carbonyl (C=O) groups is 1. The topological polar surface area (TPSA) is 54.0 Å². The maximum atomic E-state index is 12.0. The fourth-order valence-corrected chi connectivity index (χ4v) is 2.41. The average molecular weight is 261 g/mol. The Morgan fingerprint density at radius 2 is 2.16 bits per heavy atom. The molecule has 1 fully saturated rings. The second kappa shape index (κ2) is 6.04. The monoisotopic (exact) mass is 261 g/mol. The van der Waals surface area contributed by atoms with Crippen LogP contribution in [0, 0.1) is 5.41 Å².